The zero-order chi connectivity index (χ0) is 20.7. The van der Waals surface area contributed by atoms with Gasteiger partial charge in [0.2, 0.25) is 10.0 Å². The number of sulfonamides is 1. The molecule has 2 aromatic rings. The van der Waals surface area contributed by atoms with E-state index in [1.54, 1.807) is 29.2 Å². The minimum absolute atomic E-state index is 0.0851. The topological polar surface area (TPSA) is 81.8 Å². The van der Waals surface area contributed by atoms with Crippen LogP contribution in [0.1, 0.15) is 18.9 Å². The molecule has 3 rings (SSSR count). The Labute approximate surface area is 172 Å². The second-order valence-electron chi connectivity index (χ2n) is 7.18. The van der Waals surface area contributed by atoms with Gasteiger partial charge in [-0.2, -0.15) is 0 Å². The van der Waals surface area contributed by atoms with Crippen LogP contribution in [-0.4, -0.2) is 56.2 Å². The number of rotatable bonds is 7. The first kappa shape index (κ1) is 21.1. The molecule has 1 fully saturated rings. The van der Waals surface area contributed by atoms with Crippen molar-refractivity contribution in [2.45, 2.75) is 19.9 Å². The Balaban J connectivity index is 1.47. The molecule has 0 bridgehead atoms. The molecule has 1 aliphatic heterocycles. The fraction of sp³-hybridized carbons (Fsp3) is 0.381. The third-order valence-corrected chi connectivity index (χ3v) is 6.28. The van der Waals surface area contributed by atoms with Gasteiger partial charge >= 0.3 is 6.03 Å². The predicted molar refractivity (Wildman–Crippen MR) is 116 cm³/mol. The van der Waals surface area contributed by atoms with Gasteiger partial charge in [0.1, 0.15) is 0 Å². The first-order chi connectivity index (χ1) is 13.9. The fourth-order valence-corrected chi connectivity index (χ4v) is 4.41. The van der Waals surface area contributed by atoms with Crippen LogP contribution in [0.2, 0.25) is 0 Å². The molecule has 29 heavy (non-hydrogen) atoms. The van der Waals surface area contributed by atoms with Crippen molar-refractivity contribution in [3.05, 3.63) is 60.2 Å². The summed E-state index contributed by atoms with van der Waals surface area (Å²) in [6.07, 6.45) is 0.558. The number of anilines is 2. The predicted octanol–water partition coefficient (Wildman–Crippen LogP) is 3.19. The van der Waals surface area contributed by atoms with Gasteiger partial charge in [-0.05, 0) is 36.2 Å². The second kappa shape index (κ2) is 9.76. The lowest BCUT2D eigenvalue weighted by Gasteiger charge is -2.34. The highest BCUT2D eigenvalue weighted by Crippen LogP contribution is 2.16. The van der Waals surface area contributed by atoms with Crippen LogP contribution in [0.15, 0.2) is 54.6 Å². The minimum atomic E-state index is -3.32. The monoisotopic (exact) mass is 416 g/mol. The van der Waals surface area contributed by atoms with Crippen molar-refractivity contribution in [1.82, 2.24) is 9.80 Å². The molecular formula is C21H28N4O3S. The van der Waals surface area contributed by atoms with E-state index in [1.165, 1.54) is 5.56 Å². The van der Waals surface area contributed by atoms with Crippen LogP contribution < -0.4 is 10.0 Å². The van der Waals surface area contributed by atoms with Crippen LogP contribution in [0, 0.1) is 0 Å². The fourth-order valence-electron chi connectivity index (χ4n) is 3.27. The quantitative estimate of drug-likeness (QED) is 0.726. The van der Waals surface area contributed by atoms with Gasteiger partial charge in [-0.15, -0.1) is 0 Å². The SMILES string of the molecule is CCCS(=O)(=O)Nc1ccc(NC(=O)N2CCN(Cc3ccccc3)CC2)cc1. The summed E-state index contributed by atoms with van der Waals surface area (Å²) in [5, 5.41) is 2.88. The summed E-state index contributed by atoms with van der Waals surface area (Å²) in [7, 11) is -3.32. The molecule has 2 N–H and O–H groups in total. The number of piperazine rings is 1. The first-order valence-corrected chi connectivity index (χ1v) is 11.5. The maximum Gasteiger partial charge on any atom is 0.321 e. The number of amides is 2. The first-order valence-electron chi connectivity index (χ1n) is 9.88. The second-order valence-corrected chi connectivity index (χ2v) is 9.02. The molecular weight excluding hydrogens is 388 g/mol. The Hall–Kier alpha value is -2.58. The van der Waals surface area contributed by atoms with E-state index in [1.807, 2.05) is 25.1 Å². The molecule has 0 atom stereocenters. The summed E-state index contributed by atoms with van der Waals surface area (Å²) < 4.78 is 26.2. The lowest BCUT2D eigenvalue weighted by atomic mass is 10.2. The Morgan fingerprint density at radius 3 is 2.17 bits per heavy atom. The van der Waals surface area contributed by atoms with Crippen LogP contribution >= 0.6 is 0 Å². The molecule has 2 aromatic carbocycles. The van der Waals surface area contributed by atoms with Gasteiger partial charge in [0.05, 0.1) is 5.75 Å². The standard InChI is InChI=1S/C21H28N4O3S/c1-2-16-29(27,28)23-20-10-8-19(9-11-20)22-21(26)25-14-12-24(13-15-25)17-18-6-4-3-5-7-18/h3-11,23H,2,12-17H2,1H3,(H,22,26). The number of urea groups is 1. The molecule has 1 saturated heterocycles. The highest BCUT2D eigenvalue weighted by molar-refractivity contribution is 7.92. The van der Waals surface area contributed by atoms with Crippen LogP contribution in [0.25, 0.3) is 0 Å². The van der Waals surface area contributed by atoms with E-state index in [2.05, 4.69) is 27.1 Å². The molecule has 156 valence electrons. The van der Waals surface area contributed by atoms with Crippen LogP contribution in [-0.2, 0) is 16.6 Å². The van der Waals surface area contributed by atoms with E-state index in [4.69, 9.17) is 0 Å². The van der Waals surface area contributed by atoms with Crippen LogP contribution in [0.4, 0.5) is 16.2 Å². The van der Waals surface area contributed by atoms with Crippen LogP contribution in [0.3, 0.4) is 0 Å². The number of nitrogens with one attached hydrogen (secondary N) is 2. The molecule has 1 aliphatic rings. The van der Waals surface area contributed by atoms with Gasteiger partial charge in [-0.3, -0.25) is 9.62 Å². The third kappa shape index (κ3) is 6.47. The molecule has 0 unspecified atom stereocenters. The van der Waals surface area contributed by atoms with Gasteiger partial charge < -0.3 is 10.2 Å². The summed E-state index contributed by atoms with van der Waals surface area (Å²) in [4.78, 5) is 16.7. The summed E-state index contributed by atoms with van der Waals surface area (Å²) >= 11 is 0. The molecule has 8 heteroatoms. The Morgan fingerprint density at radius 1 is 0.931 bits per heavy atom. The highest BCUT2D eigenvalue weighted by Gasteiger charge is 2.21. The van der Waals surface area contributed by atoms with Crippen molar-refractivity contribution < 1.29 is 13.2 Å². The number of nitrogens with zero attached hydrogens (tertiary/aromatic N) is 2. The average Bonchev–Trinajstić information content (AvgIpc) is 2.70. The number of hydrogen-bond acceptors (Lipinski definition) is 4. The number of benzene rings is 2. The van der Waals surface area contributed by atoms with Crippen molar-refractivity contribution in [3.8, 4) is 0 Å². The lowest BCUT2D eigenvalue weighted by Crippen LogP contribution is -2.49. The normalized spacial score (nSPS) is 15.1. The molecule has 2 amide bonds. The molecule has 0 spiro atoms. The summed E-state index contributed by atoms with van der Waals surface area (Å²) in [6.45, 7) is 5.73. The molecule has 0 saturated carbocycles. The molecule has 7 nitrogen and oxygen atoms in total. The largest absolute Gasteiger partial charge is 0.322 e. The van der Waals surface area contributed by atoms with Gasteiger partial charge in [-0.1, -0.05) is 37.3 Å². The number of hydrogen-bond donors (Lipinski definition) is 2. The van der Waals surface area contributed by atoms with Crippen molar-refractivity contribution in [1.29, 1.82) is 0 Å². The van der Waals surface area contributed by atoms with E-state index in [-0.39, 0.29) is 11.8 Å². The van der Waals surface area contributed by atoms with E-state index in [9.17, 15) is 13.2 Å². The highest BCUT2D eigenvalue weighted by atomic mass is 32.2. The third-order valence-electron chi connectivity index (χ3n) is 4.79. The van der Waals surface area contributed by atoms with Gasteiger partial charge in [-0.25, -0.2) is 13.2 Å². The van der Waals surface area contributed by atoms with Gasteiger partial charge in [0.15, 0.2) is 0 Å². The zero-order valence-corrected chi connectivity index (χ0v) is 17.5. The van der Waals surface area contributed by atoms with Crippen LogP contribution in [0.5, 0.6) is 0 Å². The van der Waals surface area contributed by atoms with E-state index in [0.717, 1.165) is 19.6 Å². The Morgan fingerprint density at radius 2 is 1.55 bits per heavy atom. The maximum atomic E-state index is 12.5. The van der Waals surface area contributed by atoms with Crippen molar-refractivity contribution in [3.63, 3.8) is 0 Å². The minimum Gasteiger partial charge on any atom is -0.322 e. The molecule has 0 aliphatic carbocycles. The van der Waals surface area contributed by atoms with E-state index >= 15 is 0 Å². The Bertz CT molecular complexity index is 893. The molecule has 0 aromatic heterocycles. The zero-order valence-electron chi connectivity index (χ0n) is 16.7. The smallest absolute Gasteiger partial charge is 0.321 e. The summed E-state index contributed by atoms with van der Waals surface area (Å²) in [6, 6.07) is 16.9. The number of carbonyl (C=O) groups is 1. The van der Waals surface area contributed by atoms with Gasteiger partial charge in [0, 0.05) is 44.1 Å². The van der Waals surface area contributed by atoms with Crippen molar-refractivity contribution >= 4 is 27.4 Å². The van der Waals surface area contributed by atoms with E-state index in [0.29, 0.717) is 30.9 Å². The number of carbonyl (C=O) groups excluding carboxylic acids is 1. The van der Waals surface area contributed by atoms with Crippen molar-refractivity contribution in [2.75, 3.05) is 42.0 Å². The van der Waals surface area contributed by atoms with E-state index < -0.39 is 10.0 Å². The average molecular weight is 417 g/mol. The summed E-state index contributed by atoms with van der Waals surface area (Å²) in [5.74, 6) is 0.0851. The lowest BCUT2D eigenvalue weighted by molar-refractivity contribution is 0.143. The Kier molecular flexibility index (Phi) is 7.11. The molecule has 0 radical (unpaired) electrons. The summed E-state index contributed by atoms with van der Waals surface area (Å²) in [5.41, 5.74) is 2.41. The van der Waals surface area contributed by atoms with Gasteiger partial charge in [0.25, 0.3) is 0 Å². The van der Waals surface area contributed by atoms with Crippen molar-refractivity contribution in [2.24, 2.45) is 0 Å². The molecule has 1 heterocycles. The maximum absolute atomic E-state index is 12.5.